The summed E-state index contributed by atoms with van der Waals surface area (Å²) in [5, 5.41) is 4.47. The highest BCUT2D eigenvalue weighted by molar-refractivity contribution is 5.73. The molecule has 0 N–H and O–H groups in total. The Labute approximate surface area is 142 Å². The summed E-state index contributed by atoms with van der Waals surface area (Å²) in [6, 6.07) is 2.34. The third kappa shape index (κ3) is 3.25. The predicted octanol–water partition coefficient (Wildman–Crippen LogP) is 1.73. The number of carbonyl (C=O) groups excluding carboxylic acids is 1. The van der Waals surface area contributed by atoms with E-state index in [1.807, 2.05) is 36.5 Å². The number of nitrogens with zero attached hydrogens (tertiary/aromatic N) is 6. The Balaban J connectivity index is 1.74. The van der Waals surface area contributed by atoms with Crippen molar-refractivity contribution in [3.8, 4) is 5.82 Å². The minimum atomic E-state index is 0.125. The van der Waals surface area contributed by atoms with Gasteiger partial charge in [0.2, 0.25) is 5.91 Å². The molecule has 0 spiro atoms. The van der Waals surface area contributed by atoms with Crippen molar-refractivity contribution in [1.29, 1.82) is 0 Å². The van der Waals surface area contributed by atoms with Gasteiger partial charge < -0.3 is 9.80 Å². The van der Waals surface area contributed by atoms with Gasteiger partial charge in [-0.25, -0.2) is 9.67 Å². The Bertz CT molecular complexity index is 732. The fourth-order valence-electron chi connectivity index (χ4n) is 3.20. The van der Waals surface area contributed by atoms with E-state index < -0.39 is 0 Å². The normalized spacial score (nSPS) is 15.6. The number of rotatable bonds is 3. The first-order valence-corrected chi connectivity index (χ1v) is 8.29. The standard InChI is InChI=1S/C17H24N6O/c1-12-9-13(2)23(20-12)17-11-18-10-16(19-17)22-7-5-15(6-8-22)21(4)14(3)24/h9-11,15H,5-8H2,1-4H3. The van der Waals surface area contributed by atoms with E-state index in [2.05, 4.69) is 15.0 Å². The zero-order valence-electron chi connectivity index (χ0n) is 14.7. The van der Waals surface area contributed by atoms with Gasteiger partial charge in [-0.1, -0.05) is 0 Å². The van der Waals surface area contributed by atoms with Crippen LogP contribution in [0.2, 0.25) is 0 Å². The lowest BCUT2D eigenvalue weighted by Crippen LogP contribution is -2.45. The molecule has 7 heteroatoms. The van der Waals surface area contributed by atoms with Crippen LogP contribution in [0.3, 0.4) is 0 Å². The van der Waals surface area contributed by atoms with Gasteiger partial charge in [0.1, 0.15) is 5.82 Å². The molecule has 0 bridgehead atoms. The molecular formula is C17H24N6O. The molecule has 7 nitrogen and oxygen atoms in total. The molecule has 2 aromatic heterocycles. The molecule has 3 heterocycles. The number of piperidine rings is 1. The van der Waals surface area contributed by atoms with E-state index in [0.29, 0.717) is 6.04 Å². The van der Waals surface area contributed by atoms with Crippen molar-refractivity contribution in [2.45, 2.75) is 39.7 Å². The number of anilines is 1. The molecule has 1 aliphatic rings. The van der Waals surface area contributed by atoms with Crippen molar-refractivity contribution >= 4 is 11.7 Å². The average molecular weight is 328 g/mol. The zero-order valence-corrected chi connectivity index (χ0v) is 14.7. The number of aryl methyl sites for hydroxylation is 2. The number of hydrogen-bond donors (Lipinski definition) is 0. The van der Waals surface area contributed by atoms with E-state index in [-0.39, 0.29) is 5.91 Å². The maximum absolute atomic E-state index is 11.5. The molecule has 1 fully saturated rings. The van der Waals surface area contributed by atoms with Crippen LogP contribution in [0.25, 0.3) is 5.82 Å². The molecule has 0 saturated carbocycles. The Kier molecular flexibility index (Phi) is 4.51. The highest BCUT2D eigenvalue weighted by atomic mass is 16.2. The van der Waals surface area contributed by atoms with Crippen molar-refractivity contribution in [2.24, 2.45) is 0 Å². The van der Waals surface area contributed by atoms with Crippen molar-refractivity contribution < 1.29 is 4.79 Å². The third-order valence-electron chi connectivity index (χ3n) is 4.67. The van der Waals surface area contributed by atoms with E-state index in [1.165, 1.54) is 0 Å². The van der Waals surface area contributed by atoms with Crippen LogP contribution < -0.4 is 4.90 Å². The second kappa shape index (κ2) is 6.59. The number of hydrogen-bond acceptors (Lipinski definition) is 5. The summed E-state index contributed by atoms with van der Waals surface area (Å²) in [6.07, 6.45) is 5.42. The maximum atomic E-state index is 11.5. The van der Waals surface area contributed by atoms with Gasteiger partial charge in [-0.15, -0.1) is 0 Å². The summed E-state index contributed by atoms with van der Waals surface area (Å²) < 4.78 is 1.82. The summed E-state index contributed by atoms with van der Waals surface area (Å²) >= 11 is 0. The van der Waals surface area contributed by atoms with Gasteiger partial charge in [0, 0.05) is 38.8 Å². The van der Waals surface area contributed by atoms with Gasteiger partial charge in [-0.3, -0.25) is 9.78 Å². The summed E-state index contributed by atoms with van der Waals surface area (Å²) in [7, 11) is 1.88. The minimum Gasteiger partial charge on any atom is -0.355 e. The van der Waals surface area contributed by atoms with Crippen LogP contribution in [-0.2, 0) is 4.79 Å². The van der Waals surface area contributed by atoms with Crippen molar-refractivity contribution in [3.05, 3.63) is 29.8 Å². The van der Waals surface area contributed by atoms with E-state index in [0.717, 1.165) is 49.0 Å². The predicted molar refractivity (Wildman–Crippen MR) is 92.3 cm³/mol. The molecule has 0 aromatic carbocycles. The molecule has 3 rings (SSSR count). The first-order valence-electron chi connectivity index (χ1n) is 8.29. The summed E-state index contributed by atoms with van der Waals surface area (Å²) in [4.78, 5) is 24.7. The molecule has 2 aromatic rings. The van der Waals surface area contributed by atoms with Crippen LogP contribution in [0.1, 0.15) is 31.2 Å². The van der Waals surface area contributed by atoms with E-state index in [9.17, 15) is 4.79 Å². The molecule has 128 valence electrons. The lowest BCUT2D eigenvalue weighted by atomic mass is 10.0. The van der Waals surface area contributed by atoms with Gasteiger partial charge in [-0.05, 0) is 32.8 Å². The van der Waals surface area contributed by atoms with Gasteiger partial charge in [0.15, 0.2) is 5.82 Å². The maximum Gasteiger partial charge on any atom is 0.219 e. The monoisotopic (exact) mass is 328 g/mol. The van der Waals surface area contributed by atoms with Crippen LogP contribution in [-0.4, -0.2) is 56.7 Å². The second-order valence-electron chi connectivity index (χ2n) is 6.42. The van der Waals surface area contributed by atoms with Gasteiger partial charge >= 0.3 is 0 Å². The van der Waals surface area contributed by atoms with E-state index >= 15 is 0 Å². The van der Waals surface area contributed by atoms with Gasteiger partial charge in [0.25, 0.3) is 0 Å². The highest BCUT2D eigenvalue weighted by Crippen LogP contribution is 2.21. The first kappa shape index (κ1) is 16.4. The van der Waals surface area contributed by atoms with Gasteiger partial charge in [0.05, 0.1) is 18.1 Å². The number of carbonyl (C=O) groups is 1. The Morgan fingerprint density at radius 1 is 1.21 bits per heavy atom. The molecule has 0 aliphatic carbocycles. The SMILES string of the molecule is CC(=O)N(C)C1CCN(c2cncc(-n3nc(C)cc3C)n2)CC1. The molecular weight excluding hydrogens is 304 g/mol. The van der Waals surface area contributed by atoms with Crippen LogP contribution in [0, 0.1) is 13.8 Å². The Hall–Kier alpha value is -2.44. The molecule has 1 amide bonds. The van der Waals surface area contributed by atoms with Crippen molar-refractivity contribution in [3.63, 3.8) is 0 Å². The quantitative estimate of drug-likeness (QED) is 0.858. The lowest BCUT2D eigenvalue weighted by molar-refractivity contribution is -0.129. The molecule has 0 radical (unpaired) electrons. The average Bonchev–Trinajstić information content (AvgIpc) is 2.93. The Morgan fingerprint density at radius 3 is 2.46 bits per heavy atom. The summed E-state index contributed by atoms with van der Waals surface area (Å²) in [5.41, 5.74) is 2.01. The molecule has 1 saturated heterocycles. The minimum absolute atomic E-state index is 0.125. The molecule has 24 heavy (non-hydrogen) atoms. The number of amides is 1. The summed E-state index contributed by atoms with van der Waals surface area (Å²) in [5.74, 6) is 1.73. The fourth-order valence-corrected chi connectivity index (χ4v) is 3.20. The van der Waals surface area contributed by atoms with E-state index in [4.69, 9.17) is 4.98 Å². The second-order valence-corrected chi connectivity index (χ2v) is 6.42. The van der Waals surface area contributed by atoms with Gasteiger partial charge in [-0.2, -0.15) is 5.10 Å². The van der Waals surface area contributed by atoms with Crippen molar-refractivity contribution in [2.75, 3.05) is 25.0 Å². The van der Waals surface area contributed by atoms with Crippen molar-refractivity contribution in [1.82, 2.24) is 24.6 Å². The molecule has 1 aliphatic heterocycles. The van der Waals surface area contributed by atoms with E-state index in [1.54, 1.807) is 19.3 Å². The number of aromatic nitrogens is 4. The molecule has 0 unspecified atom stereocenters. The van der Waals surface area contributed by atoms with Crippen LogP contribution in [0.4, 0.5) is 5.82 Å². The van der Waals surface area contributed by atoms with Crippen LogP contribution in [0.15, 0.2) is 18.5 Å². The largest absolute Gasteiger partial charge is 0.355 e. The van der Waals surface area contributed by atoms with Crippen LogP contribution in [0.5, 0.6) is 0 Å². The molecule has 0 atom stereocenters. The Morgan fingerprint density at radius 2 is 1.88 bits per heavy atom. The third-order valence-corrected chi connectivity index (χ3v) is 4.67. The lowest BCUT2D eigenvalue weighted by Gasteiger charge is -2.36. The highest BCUT2D eigenvalue weighted by Gasteiger charge is 2.24. The zero-order chi connectivity index (χ0) is 17.3. The first-order chi connectivity index (χ1) is 11.5. The smallest absolute Gasteiger partial charge is 0.219 e. The summed E-state index contributed by atoms with van der Waals surface area (Å²) in [6.45, 7) is 7.35. The van der Waals surface area contributed by atoms with Crippen LogP contribution >= 0.6 is 0 Å². The fraction of sp³-hybridized carbons (Fsp3) is 0.529. The topological polar surface area (TPSA) is 67.2 Å².